The van der Waals surface area contributed by atoms with Crippen LogP contribution in [0.25, 0.3) is 0 Å². The Morgan fingerprint density at radius 1 is 0.533 bits per heavy atom. The predicted octanol–water partition coefficient (Wildman–Crippen LogP) is 5.03. The summed E-state index contributed by atoms with van der Waals surface area (Å²) in [5, 5.41) is 0. The predicted molar refractivity (Wildman–Crippen MR) is 66.9 cm³/mol. The maximum atomic E-state index is 2.45. The summed E-state index contributed by atoms with van der Waals surface area (Å²) in [5.74, 6) is 4.23. The van der Waals surface area contributed by atoms with E-state index in [4.69, 9.17) is 0 Å². The van der Waals surface area contributed by atoms with Gasteiger partial charge in [0.15, 0.2) is 0 Å². The van der Waals surface area contributed by atoms with Gasteiger partial charge in [-0.15, -0.1) is 0 Å². The van der Waals surface area contributed by atoms with E-state index in [1.54, 1.807) is 25.7 Å². The quantitative estimate of drug-likeness (QED) is 0.530. The second kappa shape index (κ2) is 5.37. The van der Waals surface area contributed by atoms with Crippen LogP contribution in [0.15, 0.2) is 0 Å². The van der Waals surface area contributed by atoms with Gasteiger partial charge < -0.3 is 0 Å². The lowest BCUT2D eigenvalue weighted by Crippen LogP contribution is -2.20. The topological polar surface area (TPSA) is 0 Å². The first-order valence-corrected chi connectivity index (χ1v) is 7.25. The van der Waals surface area contributed by atoms with Crippen LogP contribution in [-0.4, -0.2) is 0 Å². The molecule has 0 spiro atoms. The maximum Gasteiger partial charge on any atom is -0.0386 e. The summed E-state index contributed by atoms with van der Waals surface area (Å²) >= 11 is 0. The first-order chi connectivity index (χ1) is 7.25. The van der Waals surface area contributed by atoms with E-state index in [0.717, 1.165) is 23.7 Å². The van der Waals surface area contributed by atoms with Crippen molar-refractivity contribution in [1.82, 2.24) is 0 Å². The van der Waals surface area contributed by atoms with Crippen molar-refractivity contribution in [3.05, 3.63) is 0 Å². The van der Waals surface area contributed by atoms with Crippen molar-refractivity contribution < 1.29 is 0 Å². The first-order valence-electron chi connectivity index (χ1n) is 7.25. The molecule has 0 bridgehead atoms. The van der Waals surface area contributed by atoms with E-state index in [1.807, 2.05) is 0 Å². The standard InChI is InChI=1S/C15H28/c1-12-4-3-5-14(9-6-12)15-10-7-13(2)8-11-15/h12-15H,3-11H2,1-2H3. The molecule has 0 heterocycles. The van der Waals surface area contributed by atoms with E-state index >= 15 is 0 Å². The summed E-state index contributed by atoms with van der Waals surface area (Å²) in [5.41, 5.74) is 0. The Morgan fingerprint density at radius 2 is 1.00 bits per heavy atom. The Bertz CT molecular complexity index is 176. The third-order valence-corrected chi connectivity index (χ3v) is 5.03. The van der Waals surface area contributed by atoms with Gasteiger partial charge in [0.1, 0.15) is 0 Å². The molecule has 0 aliphatic heterocycles. The van der Waals surface area contributed by atoms with Crippen molar-refractivity contribution in [2.45, 2.75) is 71.6 Å². The SMILES string of the molecule is CC1CCCC(C2CCC(C)CC2)CC1. The van der Waals surface area contributed by atoms with Crippen LogP contribution in [0, 0.1) is 23.7 Å². The van der Waals surface area contributed by atoms with Crippen molar-refractivity contribution >= 4 is 0 Å². The maximum absolute atomic E-state index is 2.45. The minimum Gasteiger partial charge on any atom is -0.0625 e. The Balaban J connectivity index is 1.82. The second-order valence-electron chi connectivity index (χ2n) is 6.39. The molecule has 88 valence electrons. The highest BCUT2D eigenvalue weighted by Gasteiger charge is 2.27. The van der Waals surface area contributed by atoms with Gasteiger partial charge in [0, 0.05) is 0 Å². The van der Waals surface area contributed by atoms with E-state index in [0.29, 0.717) is 0 Å². The van der Waals surface area contributed by atoms with Crippen LogP contribution in [0.3, 0.4) is 0 Å². The van der Waals surface area contributed by atoms with Gasteiger partial charge in [-0.1, -0.05) is 52.4 Å². The Hall–Kier alpha value is 0. The molecule has 2 aliphatic rings. The van der Waals surface area contributed by atoms with E-state index < -0.39 is 0 Å². The average molecular weight is 208 g/mol. The number of hydrogen-bond acceptors (Lipinski definition) is 0. The van der Waals surface area contributed by atoms with Gasteiger partial charge in [0.25, 0.3) is 0 Å². The third-order valence-electron chi connectivity index (χ3n) is 5.03. The number of hydrogen-bond donors (Lipinski definition) is 0. The van der Waals surface area contributed by atoms with Crippen molar-refractivity contribution in [2.24, 2.45) is 23.7 Å². The summed E-state index contributed by atoms with van der Waals surface area (Å²) in [7, 11) is 0. The molecule has 0 heteroatoms. The summed E-state index contributed by atoms with van der Waals surface area (Å²) in [6.45, 7) is 4.89. The van der Waals surface area contributed by atoms with Crippen LogP contribution < -0.4 is 0 Å². The molecule has 2 unspecified atom stereocenters. The molecule has 15 heavy (non-hydrogen) atoms. The zero-order valence-corrected chi connectivity index (χ0v) is 10.7. The van der Waals surface area contributed by atoms with Gasteiger partial charge in [-0.25, -0.2) is 0 Å². The lowest BCUT2D eigenvalue weighted by atomic mass is 9.74. The fraction of sp³-hybridized carbons (Fsp3) is 1.00. The highest BCUT2D eigenvalue weighted by Crippen LogP contribution is 2.39. The molecule has 0 N–H and O–H groups in total. The zero-order valence-electron chi connectivity index (χ0n) is 10.7. The lowest BCUT2D eigenvalue weighted by molar-refractivity contribution is 0.195. The van der Waals surface area contributed by atoms with Crippen molar-refractivity contribution in [2.75, 3.05) is 0 Å². The van der Waals surface area contributed by atoms with Crippen molar-refractivity contribution in [3.8, 4) is 0 Å². The van der Waals surface area contributed by atoms with Gasteiger partial charge in [-0.3, -0.25) is 0 Å². The second-order valence-corrected chi connectivity index (χ2v) is 6.39. The van der Waals surface area contributed by atoms with E-state index in [9.17, 15) is 0 Å². The third kappa shape index (κ3) is 3.23. The molecule has 0 aromatic heterocycles. The Labute approximate surface area is 95.8 Å². The summed E-state index contributed by atoms with van der Waals surface area (Å²) in [6.07, 6.45) is 13.7. The van der Waals surface area contributed by atoms with Crippen LogP contribution in [0.5, 0.6) is 0 Å². The van der Waals surface area contributed by atoms with Crippen LogP contribution in [-0.2, 0) is 0 Å². The average Bonchev–Trinajstić information content (AvgIpc) is 2.44. The van der Waals surface area contributed by atoms with Crippen LogP contribution in [0.4, 0.5) is 0 Å². The fourth-order valence-electron chi connectivity index (χ4n) is 3.74. The van der Waals surface area contributed by atoms with Crippen LogP contribution in [0.1, 0.15) is 71.6 Å². The summed E-state index contributed by atoms with van der Waals surface area (Å²) < 4.78 is 0. The highest BCUT2D eigenvalue weighted by molar-refractivity contribution is 4.79. The van der Waals surface area contributed by atoms with Crippen molar-refractivity contribution in [1.29, 1.82) is 0 Å². The molecule has 0 amide bonds. The molecule has 0 aromatic carbocycles. The molecule has 0 radical (unpaired) electrons. The first kappa shape index (κ1) is 11.5. The molecule has 0 nitrogen and oxygen atoms in total. The van der Waals surface area contributed by atoms with Gasteiger partial charge >= 0.3 is 0 Å². The largest absolute Gasteiger partial charge is 0.0625 e. The Morgan fingerprint density at radius 3 is 1.60 bits per heavy atom. The van der Waals surface area contributed by atoms with Gasteiger partial charge in [0.05, 0.1) is 0 Å². The van der Waals surface area contributed by atoms with E-state index in [2.05, 4.69) is 13.8 Å². The Kier molecular flexibility index (Phi) is 4.11. The molecule has 0 saturated heterocycles. The zero-order chi connectivity index (χ0) is 10.7. The van der Waals surface area contributed by atoms with Crippen LogP contribution >= 0.6 is 0 Å². The van der Waals surface area contributed by atoms with E-state index in [1.165, 1.54) is 32.1 Å². The van der Waals surface area contributed by atoms with Crippen molar-refractivity contribution in [3.63, 3.8) is 0 Å². The normalized spacial score (nSPS) is 43.6. The van der Waals surface area contributed by atoms with Gasteiger partial charge in [0.2, 0.25) is 0 Å². The monoisotopic (exact) mass is 208 g/mol. The lowest BCUT2D eigenvalue weighted by Gasteiger charge is -2.32. The minimum atomic E-state index is 1.01. The number of rotatable bonds is 1. The molecule has 2 aliphatic carbocycles. The fourth-order valence-corrected chi connectivity index (χ4v) is 3.74. The van der Waals surface area contributed by atoms with Gasteiger partial charge in [-0.05, 0) is 42.9 Å². The molecule has 0 aromatic rings. The van der Waals surface area contributed by atoms with E-state index in [-0.39, 0.29) is 0 Å². The molecule has 2 saturated carbocycles. The summed E-state index contributed by atoms with van der Waals surface area (Å²) in [4.78, 5) is 0. The minimum absolute atomic E-state index is 1.01. The molecule has 2 fully saturated rings. The smallest absolute Gasteiger partial charge is 0.0386 e. The molecule has 2 atom stereocenters. The molecule has 2 rings (SSSR count). The highest BCUT2D eigenvalue weighted by atomic mass is 14.3. The molecular weight excluding hydrogens is 180 g/mol. The van der Waals surface area contributed by atoms with Gasteiger partial charge in [-0.2, -0.15) is 0 Å². The summed E-state index contributed by atoms with van der Waals surface area (Å²) in [6, 6.07) is 0. The van der Waals surface area contributed by atoms with Crippen LogP contribution in [0.2, 0.25) is 0 Å². The molecular formula is C15H28.